The van der Waals surface area contributed by atoms with Crippen molar-refractivity contribution in [3.05, 3.63) is 112 Å². The first-order valence-electron chi connectivity index (χ1n) is 12.2. The minimum Gasteiger partial charge on any atom is -0.345 e. The van der Waals surface area contributed by atoms with Crippen LogP contribution in [0.2, 0.25) is 5.02 Å². The van der Waals surface area contributed by atoms with Crippen molar-refractivity contribution in [3.63, 3.8) is 0 Å². The van der Waals surface area contributed by atoms with Crippen LogP contribution in [-0.2, 0) is 22.4 Å². The Kier molecular flexibility index (Phi) is 8.96. The van der Waals surface area contributed by atoms with Gasteiger partial charge in [-0.25, -0.2) is 0 Å². The first kappa shape index (κ1) is 27.4. The van der Waals surface area contributed by atoms with Crippen molar-refractivity contribution in [1.82, 2.24) is 30.4 Å². The summed E-state index contributed by atoms with van der Waals surface area (Å²) in [5, 5.41) is 14.5. The summed E-state index contributed by atoms with van der Waals surface area (Å²) in [5.41, 5.74) is 3.48. The molecule has 198 valence electrons. The summed E-state index contributed by atoms with van der Waals surface area (Å²) in [5.74, 6) is -0.694. The van der Waals surface area contributed by atoms with Gasteiger partial charge in [-0.15, -0.1) is 5.10 Å². The number of halogens is 1. The van der Waals surface area contributed by atoms with Gasteiger partial charge in [0.2, 0.25) is 5.91 Å². The number of benzene rings is 3. The first-order chi connectivity index (χ1) is 18.8. The van der Waals surface area contributed by atoms with Crippen molar-refractivity contribution in [1.29, 1.82) is 0 Å². The number of ketones is 1. The Morgan fingerprint density at radius 2 is 1.74 bits per heavy atom. The molecule has 10 heteroatoms. The van der Waals surface area contributed by atoms with Gasteiger partial charge in [0, 0.05) is 42.7 Å². The van der Waals surface area contributed by atoms with E-state index in [2.05, 4.69) is 20.8 Å². The minimum atomic E-state index is -0.758. The van der Waals surface area contributed by atoms with Gasteiger partial charge < -0.3 is 10.2 Å². The smallest absolute Gasteiger partial charge is 0.253 e. The largest absolute Gasteiger partial charge is 0.345 e. The van der Waals surface area contributed by atoms with Crippen molar-refractivity contribution in [3.8, 4) is 5.69 Å². The highest BCUT2D eigenvalue weighted by molar-refractivity contribution is 6.30. The minimum absolute atomic E-state index is 0.107. The van der Waals surface area contributed by atoms with Crippen molar-refractivity contribution >= 4 is 35.3 Å². The van der Waals surface area contributed by atoms with Crippen LogP contribution in [0.1, 0.15) is 27.0 Å². The number of Topliss-reactive ketones (excluding diaryl/α,β-unsaturated/α-hetero) is 1. The second-order valence-electron chi connectivity index (χ2n) is 9.08. The molecule has 0 aliphatic carbocycles. The number of carbonyl (C=O) groups excluding carboxylic acids is 3. The highest BCUT2D eigenvalue weighted by atomic mass is 35.5. The van der Waals surface area contributed by atoms with Crippen LogP contribution in [0.5, 0.6) is 0 Å². The molecule has 0 bridgehead atoms. The Balaban J connectivity index is 1.50. The van der Waals surface area contributed by atoms with Crippen LogP contribution >= 0.6 is 11.6 Å². The fraction of sp³-hybridized carbons (Fsp3) is 0.172. The number of nitrogens with zero attached hydrogens (tertiary/aromatic N) is 5. The van der Waals surface area contributed by atoms with Crippen LogP contribution in [0.4, 0.5) is 0 Å². The van der Waals surface area contributed by atoms with E-state index in [1.165, 1.54) is 22.0 Å². The second-order valence-corrected chi connectivity index (χ2v) is 9.52. The molecule has 1 heterocycles. The monoisotopic (exact) mass is 542 g/mol. The number of nitrogens with one attached hydrogen (secondary N) is 1. The van der Waals surface area contributed by atoms with Crippen LogP contribution in [0.25, 0.3) is 11.8 Å². The maximum atomic E-state index is 13.4. The molecule has 0 fully saturated rings. The normalized spacial score (nSPS) is 11.8. The number of tetrazole rings is 1. The summed E-state index contributed by atoms with van der Waals surface area (Å²) in [6, 6.07) is 20.8. The van der Waals surface area contributed by atoms with Crippen LogP contribution in [0, 0.1) is 0 Å². The number of carbonyl (C=O) groups is 3. The molecule has 0 aliphatic heterocycles. The van der Waals surface area contributed by atoms with Crippen molar-refractivity contribution < 1.29 is 14.4 Å². The molecule has 0 aliphatic rings. The number of amides is 2. The van der Waals surface area contributed by atoms with Gasteiger partial charge in [0.15, 0.2) is 5.78 Å². The molecule has 0 spiro atoms. The molecule has 9 nitrogen and oxygen atoms in total. The van der Waals surface area contributed by atoms with E-state index < -0.39 is 11.9 Å². The Hall–Kier alpha value is -4.63. The van der Waals surface area contributed by atoms with E-state index >= 15 is 0 Å². The average molecular weight is 543 g/mol. The van der Waals surface area contributed by atoms with Crippen LogP contribution in [0.15, 0.2) is 85.2 Å². The van der Waals surface area contributed by atoms with Crippen LogP contribution < -0.4 is 5.32 Å². The molecule has 0 saturated carbocycles. The lowest BCUT2D eigenvalue weighted by Gasteiger charge is -2.17. The highest BCUT2D eigenvalue weighted by Crippen LogP contribution is 2.20. The maximum Gasteiger partial charge on any atom is 0.253 e. The number of hydrogen-bond acceptors (Lipinski definition) is 6. The zero-order valence-electron chi connectivity index (χ0n) is 21.5. The predicted octanol–water partition coefficient (Wildman–Crippen LogP) is 3.57. The molecule has 39 heavy (non-hydrogen) atoms. The van der Waals surface area contributed by atoms with Gasteiger partial charge in [-0.3, -0.25) is 14.4 Å². The number of rotatable bonds is 10. The molecule has 4 rings (SSSR count). The van der Waals surface area contributed by atoms with E-state index in [0.29, 0.717) is 28.3 Å². The molecular formula is C29H27ClN6O3. The fourth-order valence-corrected chi connectivity index (χ4v) is 4.15. The zero-order valence-corrected chi connectivity index (χ0v) is 22.2. The van der Waals surface area contributed by atoms with Crippen molar-refractivity contribution in [2.24, 2.45) is 0 Å². The average Bonchev–Trinajstić information content (AvgIpc) is 3.47. The zero-order chi connectivity index (χ0) is 27.8. The molecule has 1 atom stereocenters. The van der Waals surface area contributed by atoms with E-state index in [-0.39, 0.29) is 18.1 Å². The molecular weight excluding hydrogens is 516 g/mol. The predicted molar refractivity (Wildman–Crippen MR) is 148 cm³/mol. The van der Waals surface area contributed by atoms with Crippen molar-refractivity contribution in [2.45, 2.75) is 18.9 Å². The summed E-state index contributed by atoms with van der Waals surface area (Å²) in [7, 11) is 3.37. The topological polar surface area (TPSA) is 110 Å². The van der Waals surface area contributed by atoms with Gasteiger partial charge in [-0.1, -0.05) is 54.1 Å². The van der Waals surface area contributed by atoms with Crippen LogP contribution in [0.3, 0.4) is 0 Å². The summed E-state index contributed by atoms with van der Waals surface area (Å²) in [4.78, 5) is 40.0. The van der Waals surface area contributed by atoms with Gasteiger partial charge in [0.1, 0.15) is 6.33 Å². The molecule has 3 aromatic carbocycles. The molecule has 4 aromatic rings. The van der Waals surface area contributed by atoms with Gasteiger partial charge in [0.25, 0.3) is 5.91 Å². The lowest BCUT2D eigenvalue weighted by atomic mass is 9.97. The van der Waals surface area contributed by atoms with E-state index in [0.717, 1.165) is 11.1 Å². The van der Waals surface area contributed by atoms with Gasteiger partial charge in [-0.2, -0.15) is 4.68 Å². The molecule has 1 aromatic heterocycles. The maximum absolute atomic E-state index is 13.4. The Bertz CT molecular complexity index is 1470. The summed E-state index contributed by atoms with van der Waals surface area (Å²) in [6.45, 7) is 0. The van der Waals surface area contributed by atoms with E-state index in [9.17, 15) is 14.4 Å². The fourth-order valence-electron chi connectivity index (χ4n) is 3.97. The molecule has 1 N–H and O–H groups in total. The van der Waals surface area contributed by atoms with Crippen molar-refractivity contribution in [2.75, 3.05) is 14.1 Å². The molecule has 2 amide bonds. The number of aromatic nitrogens is 4. The van der Waals surface area contributed by atoms with E-state index in [1.807, 2.05) is 30.3 Å². The first-order valence-corrected chi connectivity index (χ1v) is 12.6. The lowest BCUT2D eigenvalue weighted by Crippen LogP contribution is -2.42. The SMILES string of the molecule is CN(C)C(=O)c1ccc(CC(=O)[C@H](Cc2ccccc2)NC(=O)/C=C/c2cc(Cl)ccc2-n2cnnn2)cc1. The van der Waals surface area contributed by atoms with Gasteiger partial charge in [-0.05, 0) is 64.4 Å². The summed E-state index contributed by atoms with van der Waals surface area (Å²) in [6.07, 6.45) is 4.84. The Labute approximate surface area is 231 Å². The van der Waals surface area contributed by atoms with E-state index in [1.54, 1.807) is 62.6 Å². The molecule has 0 radical (unpaired) electrons. The highest BCUT2D eigenvalue weighted by Gasteiger charge is 2.21. The summed E-state index contributed by atoms with van der Waals surface area (Å²) < 4.78 is 1.47. The Morgan fingerprint density at radius 1 is 1.00 bits per heavy atom. The van der Waals surface area contributed by atoms with Crippen LogP contribution in [-0.4, -0.2) is 62.8 Å². The second kappa shape index (κ2) is 12.7. The third-order valence-corrected chi connectivity index (χ3v) is 6.21. The standard InChI is InChI=1S/C29H27ClN6O3/c1-35(2)29(39)22-10-8-21(9-11-22)17-27(37)25(16-20-6-4-3-5-7-20)32-28(38)15-12-23-18-24(30)13-14-26(23)36-19-31-33-34-36/h3-15,18-19,25H,16-17H2,1-2H3,(H,32,38)/b15-12+/t25-/m0/s1. The quantitative estimate of drug-likeness (QED) is 0.307. The molecule has 0 unspecified atom stereocenters. The summed E-state index contributed by atoms with van der Waals surface area (Å²) >= 11 is 6.17. The van der Waals surface area contributed by atoms with Gasteiger partial charge >= 0.3 is 0 Å². The third kappa shape index (κ3) is 7.45. The van der Waals surface area contributed by atoms with E-state index in [4.69, 9.17) is 11.6 Å². The lowest BCUT2D eigenvalue weighted by molar-refractivity contribution is -0.125. The molecule has 0 saturated heterocycles. The Morgan fingerprint density at radius 3 is 2.41 bits per heavy atom. The van der Waals surface area contributed by atoms with Gasteiger partial charge in [0.05, 0.1) is 11.7 Å². The third-order valence-electron chi connectivity index (χ3n) is 5.97. The number of hydrogen-bond donors (Lipinski definition) is 1.